The molecule has 1 atom stereocenters. The van der Waals surface area contributed by atoms with Crippen molar-refractivity contribution in [2.45, 2.75) is 39.8 Å². The third-order valence-electron chi connectivity index (χ3n) is 3.42. The number of furan rings is 1. The molecule has 0 aliphatic heterocycles. The van der Waals surface area contributed by atoms with Crippen LogP contribution in [0.25, 0.3) is 0 Å². The monoisotopic (exact) mass is 408 g/mol. The highest BCUT2D eigenvalue weighted by Crippen LogP contribution is 2.01. The molecule has 1 aromatic rings. The molecule has 1 rings (SSSR count). The van der Waals surface area contributed by atoms with Crippen molar-refractivity contribution in [1.82, 2.24) is 15.5 Å². The summed E-state index contributed by atoms with van der Waals surface area (Å²) in [5.41, 5.74) is 0. The number of hydrogen-bond acceptors (Lipinski definition) is 3. The summed E-state index contributed by atoms with van der Waals surface area (Å²) >= 11 is 0. The van der Waals surface area contributed by atoms with Gasteiger partial charge < -0.3 is 20.0 Å². The lowest BCUT2D eigenvalue weighted by Crippen LogP contribution is -2.42. The molecular formula is C15H29IN4O. The van der Waals surface area contributed by atoms with E-state index in [1.807, 2.05) is 12.1 Å². The number of likely N-dealkylation sites (N-methyl/N-ethyl adjacent to an activating group) is 1. The number of nitrogens with one attached hydrogen (secondary N) is 2. The van der Waals surface area contributed by atoms with Gasteiger partial charge in [-0.3, -0.25) is 0 Å². The van der Waals surface area contributed by atoms with Gasteiger partial charge in [0.25, 0.3) is 0 Å². The maximum Gasteiger partial charge on any atom is 0.191 e. The molecule has 1 aromatic heterocycles. The van der Waals surface area contributed by atoms with Gasteiger partial charge in [0.15, 0.2) is 5.96 Å². The van der Waals surface area contributed by atoms with Crippen LogP contribution < -0.4 is 10.6 Å². The van der Waals surface area contributed by atoms with Crippen LogP contribution in [0.1, 0.15) is 33.0 Å². The largest absolute Gasteiger partial charge is 0.467 e. The van der Waals surface area contributed by atoms with Gasteiger partial charge in [0.1, 0.15) is 12.3 Å². The first kappa shape index (κ1) is 20.2. The van der Waals surface area contributed by atoms with Crippen LogP contribution in [0.5, 0.6) is 0 Å². The SMILES string of the molecule is CCNC(=NCc1ccco1)NCCN(C)C(C)CC.I. The third kappa shape index (κ3) is 8.31. The van der Waals surface area contributed by atoms with Crippen molar-refractivity contribution < 1.29 is 4.42 Å². The van der Waals surface area contributed by atoms with Crippen LogP contribution in [0.2, 0.25) is 0 Å². The summed E-state index contributed by atoms with van der Waals surface area (Å²) in [5, 5.41) is 6.59. The van der Waals surface area contributed by atoms with Gasteiger partial charge in [0, 0.05) is 25.7 Å². The number of nitrogens with zero attached hydrogens (tertiary/aromatic N) is 2. The van der Waals surface area contributed by atoms with Crippen molar-refractivity contribution in [1.29, 1.82) is 0 Å². The van der Waals surface area contributed by atoms with Crippen LogP contribution in [-0.2, 0) is 6.54 Å². The lowest BCUT2D eigenvalue weighted by atomic mass is 10.2. The van der Waals surface area contributed by atoms with Gasteiger partial charge in [-0.15, -0.1) is 24.0 Å². The zero-order valence-corrected chi connectivity index (χ0v) is 15.9. The minimum absolute atomic E-state index is 0. The standard InChI is InChI=1S/C15H28N4O.HI/c1-5-13(3)19(4)10-9-17-15(16-6-2)18-12-14-8-7-11-20-14;/h7-8,11,13H,5-6,9-10,12H2,1-4H3,(H2,16,17,18);1H. The summed E-state index contributed by atoms with van der Waals surface area (Å²) in [6.45, 7) is 9.81. The van der Waals surface area contributed by atoms with Crippen LogP contribution >= 0.6 is 24.0 Å². The zero-order valence-electron chi connectivity index (χ0n) is 13.6. The lowest BCUT2D eigenvalue weighted by molar-refractivity contribution is 0.255. The van der Waals surface area contributed by atoms with Crippen molar-refractivity contribution in [2.75, 3.05) is 26.7 Å². The Hall–Kier alpha value is -0.760. The first-order valence-electron chi connectivity index (χ1n) is 7.42. The van der Waals surface area contributed by atoms with E-state index in [4.69, 9.17) is 4.42 Å². The van der Waals surface area contributed by atoms with Crippen molar-refractivity contribution in [3.05, 3.63) is 24.2 Å². The molecule has 0 bridgehead atoms. The van der Waals surface area contributed by atoms with E-state index in [1.54, 1.807) is 6.26 Å². The van der Waals surface area contributed by atoms with Gasteiger partial charge in [0.05, 0.1) is 6.26 Å². The summed E-state index contributed by atoms with van der Waals surface area (Å²) in [6.07, 6.45) is 2.84. The van der Waals surface area contributed by atoms with Crippen molar-refractivity contribution in [3.8, 4) is 0 Å². The second-order valence-electron chi connectivity index (χ2n) is 4.94. The van der Waals surface area contributed by atoms with Gasteiger partial charge in [-0.2, -0.15) is 0 Å². The number of hydrogen-bond donors (Lipinski definition) is 2. The maximum atomic E-state index is 5.28. The van der Waals surface area contributed by atoms with Crippen molar-refractivity contribution in [2.24, 2.45) is 4.99 Å². The van der Waals surface area contributed by atoms with E-state index in [1.165, 1.54) is 6.42 Å². The first-order valence-corrected chi connectivity index (χ1v) is 7.42. The molecule has 0 amide bonds. The fourth-order valence-electron chi connectivity index (χ4n) is 1.78. The van der Waals surface area contributed by atoms with E-state index >= 15 is 0 Å². The Bertz CT molecular complexity index is 381. The topological polar surface area (TPSA) is 52.8 Å². The molecule has 21 heavy (non-hydrogen) atoms. The van der Waals surface area contributed by atoms with Crippen LogP contribution in [-0.4, -0.2) is 43.6 Å². The Kier molecular flexibility index (Phi) is 11.4. The second-order valence-corrected chi connectivity index (χ2v) is 4.94. The number of aliphatic imine (C=N–C) groups is 1. The summed E-state index contributed by atoms with van der Waals surface area (Å²) in [5.74, 6) is 1.71. The van der Waals surface area contributed by atoms with Crippen LogP contribution in [0.4, 0.5) is 0 Å². The average molecular weight is 408 g/mol. The van der Waals surface area contributed by atoms with Gasteiger partial charge in [-0.05, 0) is 39.4 Å². The molecule has 1 unspecified atom stereocenters. The highest BCUT2D eigenvalue weighted by Gasteiger charge is 2.06. The third-order valence-corrected chi connectivity index (χ3v) is 3.42. The Labute approximate surface area is 145 Å². The van der Waals surface area contributed by atoms with Crippen LogP contribution in [0.15, 0.2) is 27.8 Å². The Morgan fingerprint density at radius 3 is 2.71 bits per heavy atom. The normalized spacial score (nSPS) is 12.9. The van der Waals surface area contributed by atoms with E-state index in [0.717, 1.165) is 31.4 Å². The van der Waals surface area contributed by atoms with Gasteiger partial charge in [0.2, 0.25) is 0 Å². The first-order chi connectivity index (χ1) is 9.67. The minimum Gasteiger partial charge on any atom is -0.467 e. The van der Waals surface area contributed by atoms with E-state index in [-0.39, 0.29) is 24.0 Å². The molecule has 1 heterocycles. The summed E-state index contributed by atoms with van der Waals surface area (Å²) in [6, 6.07) is 4.43. The Balaban J connectivity index is 0.00000400. The fourth-order valence-corrected chi connectivity index (χ4v) is 1.78. The van der Waals surface area contributed by atoms with Crippen molar-refractivity contribution >= 4 is 29.9 Å². The molecule has 0 fully saturated rings. The smallest absolute Gasteiger partial charge is 0.191 e. The van der Waals surface area contributed by atoms with E-state index in [2.05, 4.69) is 48.3 Å². The molecule has 0 aromatic carbocycles. The molecular weight excluding hydrogens is 379 g/mol. The quantitative estimate of drug-likeness (QED) is 0.395. The number of guanidine groups is 1. The van der Waals surface area contributed by atoms with Crippen LogP contribution in [0, 0.1) is 0 Å². The van der Waals surface area contributed by atoms with Crippen molar-refractivity contribution in [3.63, 3.8) is 0 Å². The molecule has 0 radical (unpaired) electrons. The molecule has 0 saturated heterocycles. The summed E-state index contributed by atoms with van der Waals surface area (Å²) in [7, 11) is 2.16. The molecule has 0 saturated carbocycles. The van der Waals surface area contributed by atoms with Gasteiger partial charge in [-0.25, -0.2) is 4.99 Å². The van der Waals surface area contributed by atoms with Gasteiger partial charge in [-0.1, -0.05) is 6.92 Å². The molecule has 5 nitrogen and oxygen atoms in total. The average Bonchev–Trinajstić information content (AvgIpc) is 2.96. The predicted octanol–water partition coefficient (Wildman–Crippen LogP) is 2.68. The molecule has 0 aliphatic rings. The lowest BCUT2D eigenvalue weighted by Gasteiger charge is -2.23. The Morgan fingerprint density at radius 1 is 1.38 bits per heavy atom. The predicted molar refractivity (Wildman–Crippen MR) is 99.3 cm³/mol. The van der Waals surface area contributed by atoms with Gasteiger partial charge >= 0.3 is 0 Å². The summed E-state index contributed by atoms with van der Waals surface area (Å²) < 4.78 is 5.28. The number of rotatable bonds is 8. The second kappa shape index (κ2) is 11.9. The maximum absolute atomic E-state index is 5.28. The Morgan fingerprint density at radius 2 is 2.14 bits per heavy atom. The minimum atomic E-state index is 0. The summed E-state index contributed by atoms with van der Waals surface area (Å²) in [4.78, 5) is 6.85. The number of halogens is 1. The highest BCUT2D eigenvalue weighted by atomic mass is 127. The molecule has 0 aliphatic carbocycles. The fraction of sp³-hybridized carbons (Fsp3) is 0.667. The molecule has 6 heteroatoms. The molecule has 2 N–H and O–H groups in total. The zero-order chi connectivity index (χ0) is 14.8. The highest BCUT2D eigenvalue weighted by molar-refractivity contribution is 14.0. The van der Waals surface area contributed by atoms with E-state index in [9.17, 15) is 0 Å². The molecule has 122 valence electrons. The van der Waals surface area contributed by atoms with E-state index in [0.29, 0.717) is 12.6 Å². The van der Waals surface area contributed by atoms with E-state index < -0.39 is 0 Å². The molecule has 0 spiro atoms. The van der Waals surface area contributed by atoms with Crippen LogP contribution in [0.3, 0.4) is 0 Å².